The maximum Gasteiger partial charge on any atom is 0.289 e. The second-order valence-electron chi connectivity index (χ2n) is 5.43. The molecule has 0 aromatic heterocycles. The molecule has 17 heavy (non-hydrogen) atoms. The molecule has 94 valence electrons. The highest BCUT2D eigenvalue weighted by atomic mass is 32.2. The molecule has 2 aliphatic heterocycles. The summed E-state index contributed by atoms with van der Waals surface area (Å²) < 4.78 is 0. The van der Waals surface area contributed by atoms with Crippen LogP contribution < -0.4 is 0 Å². The van der Waals surface area contributed by atoms with E-state index in [0.717, 1.165) is 11.8 Å². The van der Waals surface area contributed by atoms with Gasteiger partial charge in [-0.2, -0.15) is 0 Å². The van der Waals surface area contributed by atoms with Crippen molar-refractivity contribution in [3.05, 3.63) is 0 Å². The van der Waals surface area contributed by atoms with E-state index in [-0.39, 0.29) is 28.8 Å². The van der Waals surface area contributed by atoms with Gasteiger partial charge in [0.2, 0.25) is 11.8 Å². The lowest BCUT2D eigenvalue weighted by molar-refractivity contribution is -0.148. The smallest absolute Gasteiger partial charge is 0.289 e. The Morgan fingerprint density at radius 2 is 1.88 bits per heavy atom. The van der Waals surface area contributed by atoms with Crippen LogP contribution in [0, 0.1) is 5.41 Å². The average Bonchev–Trinajstić information content (AvgIpc) is 2.45. The van der Waals surface area contributed by atoms with Crippen molar-refractivity contribution >= 4 is 28.8 Å². The molecule has 0 saturated carbocycles. The third-order valence-corrected chi connectivity index (χ3v) is 3.78. The number of hydrogen-bond donors (Lipinski definition) is 0. The van der Waals surface area contributed by atoms with Gasteiger partial charge in [0.1, 0.15) is 0 Å². The molecule has 2 heterocycles. The first kappa shape index (κ1) is 12.4. The highest BCUT2D eigenvalue weighted by Gasteiger charge is 2.44. The SMILES string of the molecule is CC(C)(C)C(=O)N1CC(N2C(=O)CSC2=O)C1. The van der Waals surface area contributed by atoms with Gasteiger partial charge in [-0.05, 0) is 0 Å². The third kappa shape index (κ3) is 2.18. The fourth-order valence-electron chi connectivity index (χ4n) is 1.98. The van der Waals surface area contributed by atoms with Crippen molar-refractivity contribution in [2.75, 3.05) is 18.8 Å². The molecule has 5 nitrogen and oxygen atoms in total. The number of rotatable bonds is 1. The van der Waals surface area contributed by atoms with E-state index in [9.17, 15) is 14.4 Å². The summed E-state index contributed by atoms with van der Waals surface area (Å²) in [5.41, 5.74) is -0.404. The van der Waals surface area contributed by atoms with Crippen molar-refractivity contribution in [2.24, 2.45) is 5.41 Å². The highest BCUT2D eigenvalue weighted by Crippen LogP contribution is 2.28. The first-order valence-corrected chi connectivity index (χ1v) is 6.57. The van der Waals surface area contributed by atoms with Crippen LogP contribution in [0.15, 0.2) is 0 Å². The summed E-state index contributed by atoms with van der Waals surface area (Å²) in [5, 5.41) is -0.178. The summed E-state index contributed by atoms with van der Waals surface area (Å²) in [6.07, 6.45) is 0. The summed E-state index contributed by atoms with van der Waals surface area (Å²) in [6, 6.07) is -0.115. The maximum absolute atomic E-state index is 11.9. The predicted octanol–water partition coefficient (Wildman–Crippen LogP) is 0.939. The molecule has 0 spiro atoms. The fourth-order valence-corrected chi connectivity index (χ4v) is 2.75. The van der Waals surface area contributed by atoms with Gasteiger partial charge in [-0.25, -0.2) is 0 Å². The lowest BCUT2D eigenvalue weighted by Crippen LogP contribution is -2.63. The number of thioether (sulfide) groups is 1. The summed E-state index contributed by atoms with van der Waals surface area (Å²) in [4.78, 5) is 37.8. The number of nitrogens with zero attached hydrogens (tertiary/aromatic N) is 2. The lowest BCUT2D eigenvalue weighted by Gasteiger charge is -2.44. The molecular formula is C11H16N2O3S. The van der Waals surface area contributed by atoms with E-state index in [1.54, 1.807) is 4.90 Å². The van der Waals surface area contributed by atoms with Crippen molar-refractivity contribution < 1.29 is 14.4 Å². The van der Waals surface area contributed by atoms with E-state index < -0.39 is 5.41 Å². The Labute approximate surface area is 105 Å². The number of carbonyl (C=O) groups is 3. The minimum Gasteiger partial charge on any atom is -0.338 e. The second kappa shape index (κ2) is 4.01. The van der Waals surface area contributed by atoms with Gasteiger partial charge in [0.25, 0.3) is 5.24 Å². The van der Waals surface area contributed by atoms with Crippen LogP contribution in [0.2, 0.25) is 0 Å². The van der Waals surface area contributed by atoms with Crippen LogP contribution in [-0.4, -0.2) is 51.7 Å². The Bertz CT molecular complexity index is 367. The van der Waals surface area contributed by atoms with Gasteiger partial charge in [-0.3, -0.25) is 19.3 Å². The Kier molecular flexibility index (Phi) is 2.93. The molecule has 2 aliphatic rings. The van der Waals surface area contributed by atoms with Gasteiger partial charge in [-0.15, -0.1) is 0 Å². The van der Waals surface area contributed by atoms with Crippen molar-refractivity contribution in [2.45, 2.75) is 26.8 Å². The summed E-state index contributed by atoms with van der Waals surface area (Å²) in [5.74, 6) is 0.177. The van der Waals surface area contributed by atoms with Crippen molar-refractivity contribution in [3.8, 4) is 0 Å². The first-order chi connectivity index (χ1) is 7.80. The van der Waals surface area contributed by atoms with E-state index in [2.05, 4.69) is 0 Å². The topological polar surface area (TPSA) is 57.7 Å². The Hall–Kier alpha value is -1.04. The van der Waals surface area contributed by atoms with Gasteiger partial charge < -0.3 is 4.90 Å². The van der Waals surface area contributed by atoms with Crippen molar-refractivity contribution in [1.29, 1.82) is 0 Å². The van der Waals surface area contributed by atoms with Crippen molar-refractivity contribution in [3.63, 3.8) is 0 Å². The Balaban J connectivity index is 1.93. The van der Waals surface area contributed by atoms with E-state index in [0.29, 0.717) is 13.1 Å². The molecule has 6 heteroatoms. The maximum atomic E-state index is 11.9. The molecule has 2 saturated heterocycles. The van der Waals surface area contributed by atoms with Gasteiger partial charge in [0.05, 0.1) is 11.8 Å². The number of imide groups is 1. The van der Waals surface area contributed by atoms with Crippen LogP contribution in [0.3, 0.4) is 0 Å². The molecule has 0 aromatic rings. The highest BCUT2D eigenvalue weighted by molar-refractivity contribution is 8.14. The van der Waals surface area contributed by atoms with E-state index in [1.165, 1.54) is 4.90 Å². The van der Waals surface area contributed by atoms with Crippen LogP contribution in [0.5, 0.6) is 0 Å². The fraction of sp³-hybridized carbons (Fsp3) is 0.727. The average molecular weight is 256 g/mol. The van der Waals surface area contributed by atoms with Gasteiger partial charge >= 0.3 is 0 Å². The zero-order valence-corrected chi connectivity index (χ0v) is 11.0. The normalized spacial score (nSPS) is 22.1. The largest absolute Gasteiger partial charge is 0.338 e. The first-order valence-electron chi connectivity index (χ1n) is 5.59. The number of carbonyl (C=O) groups excluding carboxylic acids is 3. The number of likely N-dealkylation sites (tertiary alicyclic amines) is 1. The zero-order valence-electron chi connectivity index (χ0n) is 10.2. The van der Waals surface area contributed by atoms with Crippen LogP contribution >= 0.6 is 11.8 Å². The molecule has 2 fully saturated rings. The molecule has 0 bridgehead atoms. The third-order valence-electron chi connectivity index (χ3n) is 2.94. The molecule has 3 amide bonds. The second-order valence-corrected chi connectivity index (χ2v) is 6.36. The molecule has 2 rings (SSSR count). The van der Waals surface area contributed by atoms with Crippen LogP contribution in [0.25, 0.3) is 0 Å². The molecule has 0 aliphatic carbocycles. The monoisotopic (exact) mass is 256 g/mol. The minimum absolute atomic E-state index is 0.0699. The van der Waals surface area contributed by atoms with E-state index in [1.807, 2.05) is 20.8 Å². The quantitative estimate of drug-likeness (QED) is 0.700. The van der Waals surface area contributed by atoms with Crippen LogP contribution in [-0.2, 0) is 9.59 Å². The number of hydrogen-bond acceptors (Lipinski definition) is 4. The predicted molar refractivity (Wildman–Crippen MR) is 64.5 cm³/mol. The number of amides is 3. The summed E-state index contributed by atoms with van der Waals surface area (Å²) >= 11 is 1.04. The van der Waals surface area contributed by atoms with E-state index in [4.69, 9.17) is 0 Å². The van der Waals surface area contributed by atoms with Crippen LogP contribution in [0.1, 0.15) is 20.8 Å². The molecule has 0 unspecified atom stereocenters. The van der Waals surface area contributed by atoms with Crippen molar-refractivity contribution in [1.82, 2.24) is 9.80 Å². The van der Waals surface area contributed by atoms with Gasteiger partial charge in [-0.1, -0.05) is 32.5 Å². The lowest BCUT2D eigenvalue weighted by atomic mass is 9.92. The zero-order chi connectivity index (χ0) is 12.8. The van der Waals surface area contributed by atoms with E-state index >= 15 is 0 Å². The van der Waals surface area contributed by atoms with Gasteiger partial charge in [0, 0.05) is 18.5 Å². The standard InChI is InChI=1S/C11H16N2O3S/c1-11(2,3)9(15)12-4-7(5-12)13-8(14)6-17-10(13)16/h7H,4-6H2,1-3H3. The summed E-state index contributed by atoms with van der Waals surface area (Å²) in [6.45, 7) is 6.56. The summed E-state index contributed by atoms with van der Waals surface area (Å²) in [7, 11) is 0. The minimum atomic E-state index is -0.404. The molecule has 0 N–H and O–H groups in total. The Morgan fingerprint density at radius 3 is 2.29 bits per heavy atom. The molecule has 0 radical (unpaired) electrons. The molecule has 0 aromatic carbocycles. The molecule has 0 atom stereocenters. The van der Waals surface area contributed by atoms with Crippen LogP contribution in [0.4, 0.5) is 4.79 Å². The molecular weight excluding hydrogens is 240 g/mol. The Morgan fingerprint density at radius 1 is 1.29 bits per heavy atom. The van der Waals surface area contributed by atoms with Gasteiger partial charge in [0.15, 0.2) is 0 Å².